The standard InChI is InChI=1S/C27H29ClN2O6S/c1-4-6-13-35-26(33)20-15-19(11-12-21(20)28)29-24(31)16-30-25(32)23(37-27(30)34)14-18-9-7-8-10-22(18)36-17(3)5-2/h7-12,14-15,17H,4-6,13,16H2,1-3H3,(H,29,31)/b23-14+/t17-/m0/s1. The molecule has 1 N–H and O–H groups in total. The lowest BCUT2D eigenvalue weighted by Crippen LogP contribution is -2.36. The zero-order chi connectivity index (χ0) is 26.9. The Morgan fingerprint density at radius 1 is 1.16 bits per heavy atom. The molecule has 1 aliphatic heterocycles. The molecular weight excluding hydrogens is 516 g/mol. The molecule has 3 rings (SSSR count). The van der Waals surface area contributed by atoms with Gasteiger partial charge in [-0.25, -0.2) is 4.79 Å². The lowest BCUT2D eigenvalue weighted by molar-refractivity contribution is -0.127. The first-order valence-corrected chi connectivity index (χ1v) is 13.2. The molecule has 1 heterocycles. The molecule has 1 saturated heterocycles. The normalized spacial score (nSPS) is 15.1. The van der Waals surface area contributed by atoms with Gasteiger partial charge in [-0.15, -0.1) is 0 Å². The van der Waals surface area contributed by atoms with Crippen molar-refractivity contribution in [1.82, 2.24) is 4.90 Å². The Bertz CT molecular complexity index is 1220. The van der Waals surface area contributed by atoms with Crippen molar-refractivity contribution in [3.63, 3.8) is 0 Å². The van der Waals surface area contributed by atoms with Crippen LogP contribution in [0.5, 0.6) is 5.75 Å². The quantitative estimate of drug-likeness (QED) is 0.205. The molecule has 10 heteroatoms. The Morgan fingerprint density at radius 3 is 2.65 bits per heavy atom. The summed E-state index contributed by atoms with van der Waals surface area (Å²) in [5, 5.41) is 2.24. The summed E-state index contributed by atoms with van der Waals surface area (Å²) < 4.78 is 11.1. The number of thioether (sulfide) groups is 1. The van der Waals surface area contributed by atoms with E-state index in [1.165, 1.54) is 18.2 Å². The van der Waals surface area contributed by atoms with Crippen molar-refractivity contribution in [3.8, 4) is 5.75 Å². The average Bonchev–Trinajstić information content (AvgIpc) is 3.13. The molecular formula is C27H29ClN2O6S. The predicted molar refractivity (Wildman–Crippen MR) is 145 cm³/mol. The topological polar surface area (TPSA) is 102 Å². The molecule has 1 fully saturated rings. The van der Waals surface area contributed by atoms with Crippen LogP contribution in [0.4, 0.5) is 10.5 Å². The summed E-state index contributed by atoms with van der Waals surface area (Å²) in [6, 6.07) is 11.6. The van der Waals surface area contributed by atoms with Crippen molar-refractivity contribution in [2.24, 2.45) is 0 Å². The van der Waals surface area contributed by atoms with Crippen LogP contribution >= 0.6 is 23.4 Å². The maximum absolute atomic E-state index is 12.9. The van der Waals surface area contributed by atoms with E-state index in [0.29, 0.717) is 11.3 Å². The summed E-state index contributed by atoms with van der Waals surface area (Å²) in [7, 11) is 0. The van der Waals surface area contributed by atoms with Crippen molar-refractivity contribution < 1.29 is 28.7 Å². The molecule has 0 unspecified atom stereocenters. The van der Waals surface area contributed by atoms with Crippen LogP contribution in [0.3, 0.4) is 0 Å². The number of nitrogens with zero attached hydrogens (tertiary/aromatic N) is 1. The van der Waals surface area contributed by atoms with E-state index in [2.05, 4.69) is 5.32 Å². The third-order valence-electron chi connectivity index (χ3n) is 5.49. The highest BCUT2D eigenvalue weighted by molar-refractivity contribution is 8.18. The number of unbranched alkanes of at least 4 members (excludes halogenated alkanes) is 1. The second-order valence-corrected chi connectivity index (χ2v) is 9.78. The maximum atomic E-state index is 12.9. The molecule has 0 spiro atoms. The molecule has 2 aromatic rings. The first-order valence-electron chi connectivity index (χ1n) is 12.0. The SMILES string of the molecule is CCCCOC(=O)c1cc(NC(=O)CN2C(=O)S/C(=C/c3ccccc3O[C@@H](C)CC)C2=O)ccc1Cl. The van der Waals surface area contributed by atoms with Gasteiger partial charge in [0.1, 0.15) is 12.3 Å². The number of esters is 1. The third-order valence-corrected chi connectivity index (χ3v) is 6.72. The molecule has 0 bridgehead atoms. The minimum absolute atomic E-state index is 0.0140. The molecule has 3 amide bonds. The van der Waals surface area contributed by atoms with Crippen LogP contribution in [0.1, 0.15) is 56.0 Å². The van der Waals surface area contributed by atoms with Crippen LogP contribution in [0.15, 0.2) is 47.4 Å². The van der Waals surface area contributed by atoms with Gasteiger partial charge in [0.15, 0.2) is 0 Å². The second-order valence-electron chi connectivity index (χ2n) is 8.37. The van der Waals surface area contributed by atoms with Crippen LogP contribution < -0.4 is 10.1 Å². The highest BCUT2D eigenvalue weighted by atomic mass is 35.5. The highest BCUT2D eigenvalue weighted by Gasteiger charge is 2.36. The number of amides is 3. The van der Waals surface area contributed by atoms with E-state index < -0.39 is 29.6 Å². The fourth-order valence-corrected chi connectivity index (χ4v) is 4.30. The summed E-state index contributed by atoms with van der Waals surface area (Å²) in [6.45, 7) is 5.72. The van der Waals surface area contributed by atoms with Gasteiger partial charge in [0, 0.05) is 11.3 Å². The number of hydrogen-bond acceptors (Lipinski definition) is 7. The number of ether oxygens (including phenoxy) is 2. The first-order chi connectivity index (χ1) is 17.7. The summed E-state index contributed by atoms with van der Waals surface area (Å²) in [5.74, 6) is -1.16. The molecule has 1 atom stereocenters. The van der Waals surface area contributed by atoms with Crippen molar-refractivity contribution in [2.45, 2.75) is 46.1 Å². The summed E-state index contributed by atoms with van der Waals surface area (Å²) in [5.41, 5.74) is 1.07. The summed E-state index contributed by atoms with van der Waals surface area (Å²) in [6.07, 6.45) is 3.99. The molecule has 0 saturated carbocycles. The van der Waals surface area contributed by atoms with Gasteiger partial charge in [-0.3, -0.25) is 19.3 Å². The number of imide groups is 1. The van der Waals surface area contributed by atoms with Crippen molar-refractivity contribution in [2.75, 3.05) is 18.5 Å². The maximum Gasteiger partial charge on any atom is 0.339 e. The average molecular weight is 545 g/mol. The monoisotopic (exact) mass is 544 g/mol. The zero-order valence-corrected chi connectivity index (χ0v) is 22.5. The molecule has 37 heavy (non-hydrogen) atoms. The number of benzene rings is 2. The van der Waals surface area contributed by atoms with Crippen molar-refractivity contribution in [3.05, 3.63) is 63.5 Å². The van der Waals surface area contributed by atoms with Crippen LogP contribution in [0.25, 0.3) is 6.08 Å². The summed E-state index contributed by atoms with van der Waals surface area (Å²) in [4.78, 5) is 51.5. The van der Waals surface area contributed by atoms with Gasteiger partial charge < -0.3 is 14.8 Å². The van der Waals surface area contributed by atoms with Crippen molar-refractivity contribution >= 4 is 58.1 Å². The van der Waals surface area contributed by atoms with Crippen molar-refractivity contribution in [1.29, 1.82) is 0 Å². The number of anilines is 1. The molecule has 0 aliphatic carbocycles. The van der Waals surface area contributed by atoms with Crippen LogP contribution in [-0.4, -0.2) is 47.2 Å². The van der Waals surface area contributed by atoms with Gasteiger partial charge in [-0.1, -0.05) is 50.1 Å². The van der Waals surface area contributed by atoms with Gasteiger partial charge in [-0.05, 0) is 61.9 Å². The highest BCUT2D eigenvalue weighted by Crippen LogP contribution is 2.34. The number of halogens is 1. The number of nitrogens with one attached hydrogen (secondary N) is 1. The second kappa shape index (κ2) is 13.3. The van der Waals surface area contributed by atoms with Gasteiger partial charge in [0.2, 0.25) is 5.91 Å². The number of carbonyl (C=O) groups is 4. The van der Waals surface area contributed by atoms with Gasteiger partial charge >= 0.3 is 5.97 Å². The van der Waals surface area contributed by atoms with E-state index in [0.717, 1.165) is 35.9 Å². The fourth-order valence-electron chi connectivity index (χ4n) is 3.28. The number of para-hydroxylation sites is 1. The first kappa shape index (κ1) is 28.3. The zero-order valence-electron chi connectivity index (χ0n) is 20.9. The van der Waals surface area contributed by atoms with E-state index >= 15 is 0 Å². The number of hydrogen-bond donors (Lipinski definition) is 1. The molecule has 2 aromatic carbocycles. The van der Waals surface area contributed by atoms with Gasteiger partial charge in [-0.2, -0.15) is 0 Å². The van der Waals surface area contributed by atoms with Crippen LogP contribution in [0, 0.1) is 0 Å². The van der Waals surface area contributed by atoms with E-state index in [9.17, 15) is 19.2 Å². The van der Waals surface area contributed by atoms with Crippen LogP contribution in [0.2, 0.25) is 5.02 Å². The summed E-state index contributed by atoms with van der Waals surface area (Å²) >= 11 is 6.88. The Hall–Kier alpha value is -3.30. The van der Waals surface area contributed by atoms with Gasteiger partial charge in [0.05, 0.1) is 28.2 Å². The minimum atomic E-state index is -0.600. The van der Waals surface area contributed by atoms with Crippen LogP contribution in [-0.2, 0) is 14.3 Å². The largest absolute Gasteiger partial charge is 0.490 e. The molecule has 0 radical (unpaired) electrons. The van der Waals surface area contributed by atoms with E-state index in [4.69, 9.17) is 21.1 Å². The lowest BCUT2D eigenvalue weighted by Gasteiger charge is -2.15. The molecule has 196 valence electrons. The molecule has 0 aromatic heterocycles. The molecule has 1 aliphatic rings. The fraction of sp³-hybridized carbons (Fsp3) is 0.333. The number of carbonyl (C=O) groups excluding carboxylic acids is 4. The Labute approximate surface area is 225 Å². The third kappa shape index (κ3) is 7.60. The Balaban J connectivity index is 1.68. The molecule has 8 nitrogen and oxygen atoms in total. The number of rotatable bonds is 11. The predicted octanol–water partition coefficient (Wildman–Crippen LogP) is 6.15. The Kier molecular flexibility index (Phi) is 10.2. The van der Waals surface area contributed by atoms with E-state index in [-0.39, 0.29) is 33.9 Å². The van der Waals surface area contributed by atoms with E-state index in [1.54, 1.807) is 18.2 Å². The smallest absolute Gasteiger partial charge is 0.339 e. The lowest BCUT2D eigenvalue weighted by atomic mass is 10.1. The van der Waals surface area contributed by atoms with Gasteiger partial charge in [0.25, 0.3) is 11.1 Å². The van der Waals surface area contributed by atoms with E-state index in [1.807, 2.05) is 32.9 Å². The minimum Gasteiger partial charge on any atom is -0.490 e. The Morgan fingerprint density at radius 2 is 1.92 bits per heavy atom.